The number of fused-ring (bicyclic) bond motifs is 1. The van der Waals surface area contributed by atoms with Crippen LogP contribution in [-0.2, 0) is 4.79 Å². The van der Waals surface area contributed by atoms with Crippen LogP contribution < -0.4 is 16.3 Å². The number of oxazole rings is 1. The highest BCUT2D eigenvalue weighted by atomic mass is 19.3. The molecular weight excluding hydrogens is 560 g/mol. The number of carbonyl (C=O) groups excluding carboxylic acids is 2. The van der Waals surface area contributed by atoms with Gasteiger partial charge in [-0.3, -0.25) is 24.9 Å². The van der Waals surface area contributed by atoms with E-state index in [1.54, 1.807) is 42.2 Å². The Balaban J connectivity index is 1.16. The minimum atomic E-state index is -2.81. The maximum Gasteiger partial charge on any atom is 0.344 e. The van der Waals surface area contributed by atoms with Gasteiger partial charge in [0, 0.05) is 50.0 Å². The Morgan fingerprint density at radius 1 is 1.05 bits per heavy atom. The molecule has 0 unspecified atom stereocenters. The van der Waals surface area contributed by atoms with Crippen LogP contribution in [0.25, 0.3) is 22.6 Å². The summed E-state index contributed by atoms with van der Waals surface area (Å²) in [6.07, 6.45) is 1.90. The molecule has 2 aromatic heterocycles. The number of hydrogen-bond donors (Lipinski definition) is 3. The first kappa shape index (κ1) is 28.2. The summed E-state index contributed by atoms with van der Waals surface area (Å²) in [5, 5.41) is 7.31. The first-order chi connectivity index (χ1) is 20.9. The highest BCUT2D eigenvalue weighted by Crippen LogP contribution is 2.28. The quantitative estimate of drug-likeness (QED) is 0.264. The minimum absolute atomic E-state index is 0.101. The topological polar surface area (TPSA) is 131 Å². The second-order valence-electron chi connectivity index (χ2n) is 10.0. The average molecular weight is 590 g/mol. The minimum Gasteiger partial charge on any atom is -0.436 e. The first-order valence-electron chi connectivity index (χ1n) is 13.8. The molecule has 2 aromatic carbocycles. The van der Waals surface area contributed by atoms with Gasteiger partial charge in [0.05, 0.1) is 6.04 Å². The summed E-state index contributed by atoms with van der Waals surface area (Å²) in [7, 11) is 0. The van der Waals surface area contributed by atoms with Gasteiger partial charge in [-0.15, -0.1) is 15.8 Å². The molecule has 2 amide bonds. The van der Waals surface area contributed by atoms with Crippen LogP contribution in [0.15, 0.2) is 76.4 Å². The lowest BCUT2D eigenvalue weighted by Gasteiger charge is -2.39. The third-order valence-electron chi connectivity index (χ3n) is 7.26. The van der Waals surface area contributed by atoms with Crippen LogP contribution in [0.1, 0.15) is 35.4 Å². The Kier molecular flexibility index (Phi) is 7.94. The summed E-state index contributed by atoms with van der Waals surface area (Å²) in [6.45, 7) is 0.758. The Hall–Kier alpha value is -4.95. The lowest BCUT2D eigenvalue weighted by Crippen LogP contribution is -2.53. The van der Waals surface area contributed by atoms with E-state index in [9.17, 15) is 18.4 Å². The van der Waals surface area contributed by atoms with E-state index in [2.05, 4.69) is 36.2 Å². The zero-order chi connectivity index (χ0) is 29.9. The lowest BCUT2D eigenvalue weighted by molar-refractivity contribution is -0.115. The van der Waals surface area contributed by atoms with E-state index in [1.165, 1.54) is 6.20 Å². The van der Waals surface area contributed by atoms with Crippen LogP contribution in [0, 0.1) is 0 Å². The van der Waals surface area contributed by atoms with Crippen molar-refractivity contribution in [3.63, 3.8) is 0 Å². The third kappa shape index (κ3) is 6.01. The molecule has 43 heavy (non-hydrogen) atoms. The Morgan fingerprint density at radius 2 is 1.84 bits per heavy atom. The van der Waals surface area contributed by atoms with Crippen molar-refractivity contribution in [1.82, 2.24) is 35.8 Å². The number of nitrogens with zero attached hydrogens (tertiary/aromatic N) is 6. The predicted molar refractivity (Wildman–Crippen MR) is 154 cm³/mol. The van der Waals surface area contributed by atoms with Crippen molar-refractivity contribution in [2.24, 2.45) is 5.10 Å². The Morgan fingerprint density at radius 3 is 2.56 bits per heavy atom. The number of amidine groups is 1. The highest BCUT2D eigenvalue weighted by Gasteiger charge is 2.34. The summed E-state index contributed by atoms with van der Waals surface area (Å²) in [5.41, 5.74) is 8.63. The number of rotatable bonds is 8. The maximum absolute atomic E-state index is 13.5. The number of carbonyl (C=O) groups is 2. The molecule has 0 spiro atoms. The van der Waals surface area contributed by atoms with Gasteiger partial charge in [-0.05, 0) is 35.9 Å². The molecule has 1 saturated heterocycles. The van der Waals surface area contributed by atoms with Crippen molar-refractivity contribution in [3.05, 3.63) is 78.1 Å². The predicted octanol–water partition coefficient (Wildman–Crippen LogP) is 3.60. The molecule has 4 heterocycles. The van der Waals surface area contributed by atoms with Gasteiger partial charge in [-0.2, -0.15) is 8.78 Å². The molecule has 2 aliphatic rings. The van der Waals surface area contributed by atoms with Crippen molar-refractivity contribution >= 4 is 34.4 Å². The SMILES string of the molecule is CCC(=O)Nc1ccc2oc(-c3ccnc(C(=O)N4CCN([C@@H](C5=NN(C(F)F)NN5)c5ccccc5)CC4)c3)nc2c1. The molecule has 222 valence electrons. The number of aromatic nitrogens is 2. The number of nitrogens with one attached hydrogen (secondary N) is 3. The van der Waals surface area contributed by atoms with Gasteiger partial charge in [0.1, 0.15) is 11.2 Å². The second-order valence-corrected chi connectivity index (χ2v) is 10.0. The van der Waals surface area contributed by atoms with Crippen molar-refractivity contribution in [2.75, 3.05) is 31.5 Å². The fourth-order valence-corrected chi connectivity index (χ4v) is 5.08. The van der Waals surface area contributed by atoms with E-state index in [4.69, 9.17) is 4.42 Å². The van der Waals surface area contributed by atoms with Gasteiger partial charge in [0.2, 0.25) is 11.8 Å². The van der Waals surface area contributed by atoms with E-state index in [-0.39, 0.29) is 17.5 Å². The van der Waals surface area contributed by atoms with Gasteiger partial charge < -0.3 is 14.6 Å². The number of alkyl halides is 2. The van der Waals surface area contributed by atoms with Crippen LogP contribution in [0.2, 0.25) is 0 Å². The molecule has 3 N–H and O–H groups in total. The van der Waals surface area contributed by atoms with Gasteiger partial charge in [0.15, 0.2) is 11.4 Å². The third-order valence-corrected chi connectivity index (χ3v) is 7.26. The molecule has 0 aliphatic carbocycles. The molecule has 12 nitrogen and oxygen atoms in total. The summed E-state index contributed by atoms with van der Waals surface area (Å²) >= 11 is 0. The van der Waals surface area contributed by atoms with Crippen LogP contribution in [-0.4, -0.2) is 75.3 Å². The van der Waals surface area contributed by atoms with Crippen molar-refractivity contribution in [1.29, 1.82) is 0 Å². The standard InChI is InChI=1S/C29H29F2N9O3/c1-2-24(41)33-20-8-9-23-21(17-20)34-27(43-23)19-10-11-32-22(16-19)28(42)39-14-12-38(13-15-39)25(18-6-4-3-5-7-18)26-35-37-40(36-26)29(30)31/h3-11,16-17,25,29,37H,2,12-15H2,1H3,(H,33,41)(H,35,36)/t25-/m1/s1. The highest BCUT2D eigenvalue weighted by molar-refractivity contribution is 5.94. The molecule has 0 bridgehead atoms. The number of hydrogen-bond acceptors (Lipinski definition) is 10. The second kappa shape index (κ2) is 12.1. The van der Waals surface area contributed by atoms with Crippen LogP contribution in [0.5, 0.6) is 0 Å². The van der Waals surface area contributed by atoms with E-state index in [0.29, 0.717) is 71.8 Å². The van der Waals surface area contributed by atoms with Crippen LogP contribution >= 0.6 is 0 Å². The van der Waals surface area contributed by atoms with Gasteiger partial charge >= 0.3 is 6.55 Å². The van der Waals surface area contributed by atoms with Gasteiger partial charge in [0.25, 0.3) is 5.91 Å². The molecule has 0 radical (unpaired) electrons. The van der Waals surface area contributed by atoms with Gasteiger partial charge in [-0.25, -0.2) is 4.98 Å². The number of hydrazine groups is 2. The molecule has 6 rings (SSSR count). The van der Waals surface area contributed by atoms with Crippen molar-refractivity contribution in [3.8, 4) is 11.5 Å². The molecule has 14 heteroatoms. The monoisotopic (exact) mass is 589 g/mol. The average Bonchev–Trinajstić information content (AvgIpc) is 3.70. The number of piperazine rings is 1. The maximum atomic E-state index is 13.5. The van der Waals surface area contributed by atoms with E-state index in [0.717, 1.165) is 5.56 Å². The molecule has 2 aliphatic heterocycles. The smallest absolute Gasteiger partial charge is 0.344 e. The fourth-order valence-electron chi connectivity index (χ4n) is 5.08. The number of pyridine rings is 1. The van der Waals surface area contributed by atoms with Crippen molar-refractivity contribution in [2.45, 2.75) is 25.9 Å². The summed E-state index contributed by atoms with van der Waals surface area (Å²) in [4.78, 5) is 37.9. The molecule has 4 aromatic rings. The lowest BCUT2D eigenvalue weighted by atomic mass is 10.0. The summed E-state index contributed by atoms with van der Waals surface area (Å²) < 4.78 is 32.3. The van der Waals surface area contributed by atoms with Crippen molar-refractivity contribution < 1.29 is 22.8 Å². The van der Waals surface area contributed by atoms with Gasteiger partial charge in [-0.1, -0.05) is 37.3 Å². The number of halogens is 2. The number of hydrazone groups is 1. The number of amides is 2. The van der Waals surface area contributed by atoms with E-state index < -0.39 is 12.6 Å². The fraction of sp³-hybridized carbons (Fsp3) is 0.276. The summed E-state index contributed by atoms with van der Waals surface area (Å²) in [6, 6.07) is 17.7. The Bertz CT molecular complexity index is 1660. The molecule has 1 fully saturated rings. The van der Waals surface area contributed by atoms with E-state index >= 15 is 0 Å². The zero-order valence-electron chi connectivity index (χ0n) is 23.2. The van der Waals surface area contributed by atoms with E-state index in [1.807, 2.05) is 30.3 Å². The zero-order valence-corrected chi connectivity index (χ0v) is 23.2. The normalized spacial score (nSPS) is 16.3. The van der Waals surface area contributed by atoms with Crippen LogP contribution in [0.4, 0.5) is 14.5 Å². The summed E-state index contributed by atoms with van der Waals surface area (Å²) in [5.74, 6) is 0.340. The molecular formula is C29H29F2N9O3. The molecule has 0 saturated carbocycles. The molecule has 1 atom stereocenters. The largest absolute Gasteiger partial charge is 0.436 e. The Labute approximate surface area is 245 Å². The number of benzene rings is 2. The van der Waals surface area contributed by atoms with Crippen LogP contribution in [0.3, 0.4) is 0 Å². The number of anilines is 1. The first-order valence-corrected chi connectivity index (χ1v) is 13.8.